The van der Waals surface area contributed by atoms with E-state index in [4.69, 9.17) is 14.9 Å². The maximum atomic E-state index is 11.9. The summed E-state index contributed by atoms with van der Waals surface area (Å²) in [6.45, 7) is 5.38. The van der Waals surface area contributed by atoms with Gasteiger partial charge in [-0.25, -0.2) is 4.79 Å². The van der Waals surface area contributed by atoms with Crippen LogP contribution in [0.1, 0.15) is 31.3 Å². The zero-order chi connectivity index (χ0) is 14.0. The lowest BCUT2D eigenvalue weighted by Gasteiger charge is -2.18. The molecule has 0 aliphatic heterocycles. The molecule has 0 aliphatic carbocycles. The molecule has 1 aromatic carbocycles. The molecule has 1 aromatic heterocycles. The Labute approximate surface area is 112 Å². The Bertz CT molecular complexity index is 579. The van der Waals surface area contributed by atoms with Crippen LogP contribution in [0.15, 0.2) is 40.8 Å². The van der Waals surface area contributed by atoms with Crippen LogP contribution in [0.25, 0.3) is 11.3 Å². The van der Waals surface area contributed by atoms with Crippen molar-refractivity contribution in [2.24, 2.45) is 0 Å². The summed E-state index contributed by atoms with van der Waals surface area (Å²) in [5.41, 5.74) is 6.37. The number of carbonyl (C=O) groups is 1. The molecule has 4 nitrogen and oxygen atoms in total. The highest BCUT2D eigenvalue weighted by atomic mass is 16.6. The Morgan fingerprint density at radius 3 is 2.42 bits per heavy atom. The van der Waals surface area contributed by atoms with Crippen LogP contribution < -0.4 is 5.73 Å². The lowest BCUT2D eigenvalue weighted by molar-refractivity contribution is 0.00385. The molecule has 1 heterocycles. The van der Waals surface area contributed by atoms with Crippen molar-refractivity contribution in [1.82, 2.24) is 0 Å². The van der Waals surface area contributed by atoms with Gasteiger partial charge in [0.25, 0.3) is 0 Å². The van der Waals surface area contributed by atoms with E-state index in [1.165, 1.54) is 0 Å². The first kappa shape index (κ1) is 13.2. The van der Waals surface area contributed by atoms with E-state index in [0.29, 0.717) is 5.76 Å². The highest BCUT2D eigenvalue weighted by Crippen LogP contribution is 2.28. The van der Waals surface area contributed by atoms with Gasteiger partial charge < -0.3 is 14.9 Å². The summed E-state index contributed by atoms with van der Waals surface area (Å²) in [6.07, 6.45) is 0. The van der Waals surface area contributed by atoms with Gasteiger partial charge in [-0.2, -0.15) is 0 Å². The number of ether oxygens (including phenoxy) is 1. The number of esters is 1. The highest BCUT2D eigenvalue weighted by molar-refractivity contribution is 5.93. The molecule has 0 amide bonds. The van der Waals surface area contributed by atoms with Gasteiger partial charge in [0.1, 0.15) is 11.4 Å². The van der Waals surface area contributed by atoms with Gasteiger partial charge in [-0.3, -0.25) is 0 Å². The number of rotatable bonds is 2. The quantitative estimate of drug-likeness (QED) is 0.838. The van der Waals surface area contributed by atoms with Gasteiger partial charge >= 0.3 is 5.97 Å². The fourth-order valence-corrected chi connectivity index (χ4v) is 1.63. The second-order valence-corrected chi connectivity index (χ2v) is 5.26. The third-order valence-electron chi connectivity index (χ3n) is 2.40. The van der Waals surface area contributed by atoms with Crippen LogP contribution in [0.5, 0.6) is 0 Å². The normalized spacial score (nSPS) is 11.3. The van der Waals surface area contributed by atoms with E-state index in [1.54, 1.807) is 26.8 Å². The molecule has 0 bridgehead atoms. The predicted molar refractivity (Wildman–Crippen MR) is 73.7 cm³/mol. The maximum Gasteiger partial charge on any atom is 0.376 e. The molecule has 19 heavy (non-hydrogen) atoms. The van der Waals surface area contributed by atoms with E-state index >= 15 is 0 Å². The molecular formula is C15H17NO3. The van der Waals surface area contributed by atoms with Crippen LogP contribution in [0.2, 0.25) is 0 Å². The van der Waals surface area contributed by atoms with Crippen molar-refractivity contribution in [1.29, 1.82) is 0 Å². The van der Waals surface area contributed by atoms with Crippen LogP contribution in [-0.2, 0) is 4.74 Å². The van der Waals surface area contributed by atoms with E-state index in [1.807, 2.05) is 30.3 Å². The van der Waals surface area contributed by atoms with Gasteiger partial charge in [0.2, 0.25) is 5.76 Å². The van der Waals surface area contributed by atoms with Gasteiger partial charge in [-0.1, -0.05) is 30.3 Å². The third kappa shape index (κ3) is 3.16. The summed E-state index contributed by atoms with van der Waals surface area (Å²) in [5.74, 6) is 0.0555. The van der Waals surface area contributed by atoms with Gasteiger partial charge in [-0.05, 0) is 20.8 Å². The van der Waals surface area contributed by atoms with Crippen LogP contribution >= 0.6 is 0 Å². The van der Waals surface area contributed by atoms with Crippen LogP contribution in [-0.4, -0.2) is 11.6 Å². The molecule has 0 spiro atoms. The molecule has 4 heteroatoms. The van der Waals surface area contributed by atoms with Gasteiger partial charge in [-0.15, -0.1) is 0 Å². The summed E-state index contributed by atoms with van der Waals surface area (Å²) in [6, 6.07) is 11.1. The van der Waals surface area contributed by atoms with Crippen molar-refractivity contribution < 1.29 is 13.9 Å². The summed E-state index contributed by atoms with van der Waals surface area (Å²) in [7, 11) is 0. The van der Waals surface area contributed by atoms with Crippen molar-refractivity contribution in [3.05, 3.63) is 42.2 Å². The summed E-state index contributed by atoms with van der Waals surface area (Å²) < 4.78 is 10.7. The van der Waals surface area contributed by atoms with Gasteiger partial charge in [0, 0.05) is 11.6 Å². The first-order chi connectivity index (χ1) is 8.87. The molecule has 2 aromatic rings. The second-order valence-electron chi connectivity index (χ2n) is 5.26. The maximum absolute atomic E-state index is 11.9. The van der Waals surface area contributed by atoms with Crippen molar-refractivity contribution in [3.63, 3.8) is 0 Å². The second kappa shape index (κ2) is 4.80. The monoisotopic (exact) mass is 259 g/mol. The number of hydrogen-bond donors (Lipinski definition) is 1. The molecule has 100 valence electrons. The minimum Gasteiger partial charge on any atom is -0.454 e. The van der Waals surface area contributed by atoms with Crippen molar-refractivity contribution in [3.8, 4) is 11.3 Å². The minimum atomic E-state index is -0.580. The number of hydrogen-bond acceptors (Lipinski definition) is 4. The first-order valence-electron chi connectivity index (χ1n) is 6.05. The Hall–Kier alpha value is -2.23. The third-order valence-corrected chi connectivity index (χ3v) is 2.40. The van der Waals surface area contributed by atoms with Crippen molar-refractivity contribution >= 4 is 11.7 Å². The largest absolute Gasteiger partial charge is 0.454 e. The number of anilines is 1. The SMILES string of the molecule is CC(C)(C)OC(=O)c1oc(-c2ccccc2)cc1N. The van der Waals surface area contributed by atoms with Gasteiger partial charge in [0.05, 0.1) is 5.69 Å². The number of furan rings is 1. The summed E-state index contributed by atoms with van der Waals surface area (Å²) in [4.78, 5) is 11.9. The number of nitrogens with two attached hydrogens (primary N) is 1. The Balaban J connectivity index is 2.30. The lowest BCUT2D eigenvalue weighted by atomic mass is 10.2. The van der Waals surface area contributed by atoms with E-state index in [2.05, 4.69) is 0 Å². The molecule has 0 atom stereocenters. The molecular weight excluding hydrogens is 242 g/mol. The standard InChI is InChI=1S/C15H17NO3/c1-15(2,3)19-14(17)13-11(16)9-12(18-13)10-7-5-4-6-8-10/h4-9H,16H2,1-3H3. The number of carbonyl (C=O) groups excluding carboxylic acids is 1. The Morgan fingerprint density at radius 2 is 1.84 bits per heavy atom. The molecule has 0 saturated heterocycles. The number of benzene rings is 1. The Morgan fingerprint density at radius 1 is 1.21 bits per heavy atom. The van der Waals surface area contributed by atoms with Crippen LogP contribution in [0, 0.1) is 0 Å². The van der Waals surface area contributed by atoms with Crippen LogP contribution in [0.3, 0.4) is 0 Å². The lowest BCUT2D eigenvalue weighted by Crippen LogP contribution is -2.24. The minimum absolute atomic E-state index is 0.0498. The fraction of sp³-hybridized carbons (Fsp3) is 0.267. The molecule has 0 aliphatic rings. The average molecular weight is 259 g/mol. The zero-order valence-corrected chi connectivity index (χ0v) is 11.3. The molecule has 0 unspecified atom stereocenters. The summed E-state index contributed by atoms with van der Waals surface area (Å²) in [5, 5.41) is 0. The summed E-state index contributed by atoms with van der Waals surface area (Å²) >= 11 is 0. The molecule has 0 radical (unpaired) electrons. The Kier molecular flexibility index (Phi) is 3.34. The van der Waals surface area contributed by atoms with E-state index in [-0.39, 0.29) is 11.4 Å². The highest BCUT2D eigenvalue weighted by Gasteiger charge is 2.23. The molecule has 0 fully saturated rings. The van der Waals surface area contributed by atoms with Crippen molar-refractivity contribution in [2.75, 3.05) is 5.73 Å². The first-order valence-corrected chi connectivity index (χ1v) is 6.05. The zero-order valence-electron chi connectivity index (χ0n) is 11.3. The molecule has 2 rings (SSSR count). The van der Waals surface area contributed by atoms with E-state index in [0.717, 1.165) is 5.56 Å². The van der Waals surface area contributed by atoms with E-state index in [9.17, 15) is 4.79 Å². The molecule has 2 N–H and O–H groups in total. The van der Waals surface area contributed by atoms with Crippen LogP contribution in [0.4, 0.5) is 5.69 Å². The fourth-order valence-electron chi connectivity index (χ4n) is 1.63. The average Bonchev–Trinajstić information content (AvgIpc) is 2.70. The molecule has 0 saturated carbocycles. The number of nitrogen functional groups attached to an aromatic ring is 1. The topological polar surface area (TPSA) is 65.5 Å². The van der Waals surface area contributed by atoms with Crippen molar-refractivity contribution in [2.45, 2.75) is 26.4 Å². The smallest absolute Gasteiger partial charge is 0.376 e. The predicted octanol–water partition coefficient (Wildman–Crippen LogP) is 3.48. The van der Waals surface area contributed by atoms with Gasteiger partial charge in [0.15, 0.2) is 0 Å². The van der Waals surface area contributed by atoms with E-state index < -0.39 is 11.6 Å².